The van der Waals surface area contributed by atoms with E-state index in [0.29, 0.717) is 18.2 Å². The first-order valence-electron chi connectivity index (χ1n) is 17.2. The van der Waals surface area contributed by atoms with Crippen LogP contribution < -0.4 is 0 Å². The lowest BCUT2D eigenvalue weighted by molar-refractivity contribution is -0.154. The Labute approximate surface area is 277 Å². The molecule has 0 radical (unpaired) electrons. The van der Waals surface area contributed by atoms with Gasteiger partial charge in [-0.15, -0.1) is 0 Å². The molecule has 0 amide bonds. The van der Waals surface area contributed by atoms with E-state index in [4.69, 9.17) is 9.73 Å². The van der Waals surface area contributed by atoms with Crippen LogP contribution in [0.25, 0.3) is 0 Å². The third kappa shape index (κ3) is 18.0. The molecule has 45 heavy (non-hydrogen) atoms. The van der Waals surface area contributed by atoms with Gasteiger partial charge < -0.3 is 9.84 Å². The Bertz CT molecular complexity index is 1110. The Hall–Kier alpha value is -2.92. The number of carbonyl (C=O) groups is 1. The van der Waals surface area contributed by atoms with Gasteiger partial charge in [0.2, 0.25) is 0 Å². The molecular formula is C40H66N2O3. The molecule has 1 fully saturated rings. The van der Waals surface area contributed by atoms with Gasteiger partial charge in [0.25, 0.3) is 0 Å². The van der Waals surface area contributed by atoms with Crippen LogP contribution in [0.4, 0.5) is 0 Å². The van der Waals surface area contributed by atoms with Crippen molar-refractivity contribution in [2.75, 3.05) is 13.1 Å². The Morgan fingerprint density at radius 3 is 2.04 bits per heavy atom. The molecule has 1 aliphatic heterocycles. The number of esters is 1. The number of unbranched alkanes of at least 4 members (excludes halogenated alkanes) is 1. The van der Waals surface area contributed by atoms with Crippen LogP contribution in [0.5, 0.6) is 0 Å². The zero-order chi connectivity index (χ0) is 34.4. The number of likely N-dealkylation sites (tertiary alicyclic amines) is 1. The van der Waals surface area contributed by atoms with Gasteiger partial charge in [-0.2, -0.15) is 0 Å². The maximum absolute atomic E-state index is 10.6. The number of hydrogen-bond donors (Lipinski definition) is 1. The highest BCUT2D eigenvalue weighted by atomic mass is 16.6. The highest BCUT2D eigenvalue weighted by molar-refractivity contribution is 6.04. The second-order valence-electron chi connectivity index (χ2n) is 12.9. The van der Waals surface area contributed by atoms with Crippen LogP contribution in [0.3, 0.4) is 0 Å². The summed E-state index contributed by atoms with van der Waals surface area (Å²) in [6.07, 6.45) is 14.6. The minimum Gasteiger partial charge on any atom is -0.513 e. The summed E-state index contributed by atoms with van der Waals surface area (Å²) in [5.74, 6) is 0.679. The molecule has 1 aliphatic rings. The SMILES string of the molecule is C/C=C(C(\C)=C/C(CC)N1CC(C)C1)/C(CCC)=N/C(=C\O)C(/C)=C/CCC.CCC(=O)OC(C)(C)C.CCc1ccccc1. The molecule has 0 aromatic heterocycles. The molecule has 2 rings (SSSR count). The van der Waals surface area contributed by atoms with Crippen molar-refractivity contribution in [3.8, 4) is 0 Å². The van der Waals surface area contributed by atoms with Crippen molar-refractivity contribution in [3.63, 3.8) is 0 Å². The van der Waals surface area contributed by atoms with Crippen molar-refractivity contribution in [1.29, 1.82) is 0 Å². The molecule has 1 aromatic rings. The summed E-state index contributed by atoms with van der Waals surface area (Å²) in [7, 11) is 0. The summed E-state index contributed by atoms with van der Waals surface area (Å²) in [5, 5.41) is 9.78. The first-order valence-corrected chi connectivity index (χ1v) is 17.2. The van der Waals surface area contributed by atoms with Gasteiger partial charge in [0.1, 0.15) is 17.6 Å². The van der Waals surface area contributed by atoms with Gasteiger partial charge in [0.05, 0.1) is 0 Å². The summed E-state index contributed by atoms with van der Waals surface area (Å²) in [6, 6.07) is 10.9. The number of ether oxygens (including phenoxy) is 1. The zero-order valence-electron chi connectivity index (χ0n) is 30.9. The van der Waals surface area contributed by atoms with E-state index >= 15 is 0 Å². The van der Waals surface area contributed by atoms with Crippen LogP contribution in [0, 0.1) is 5.92 Å². The molecule has 5 heteroatoms. The van der Waals surface area contributed by atoms with Gasteiger partial charge in [-0.25, -0.2) is 4.99 Å². The van der Waals surface area contributed by atoms with E-state index in [1.54, 1.807) is 6.92 Å². The van der Waals surface area contributed by atoms with Crippen molar-refractivity contribution in [3.05, 3.63) is 82.8 Å². The largest absolute Gasteiger partial charge is 0.513 e. The summed E-state index contributed by atoms with van der Waals surface area (Å²) in [6.45, 7) is 27.2. The lowest BCUT2D eigenvalue weighted by atomic mass is 9.93. The summed E-state index contributed by atoms with van der Waals surface area (Å²) in [4.78, 5) is 18.1. The number of rotatable bonds is 13. The maximum atomic E-state index is 10.6. The summed E-state index contributed by atoms with van der Waals surface area (Å²) >= 11 is 0. The predicted molar refractivity (Wildman–Crippen MR) is 196 cm³/mol. The fraction of sp³-hybridized carbons (Fsp3) is 0.600. The molecule has 1 aromatic carbocycles. The molecule has 1 unspecified atom stereocenters. The van der Waals surface area contributed by atoms with E-state index < -0.39 is 0 Å². The standard InChI is InChI=1S/C25H42N2O.C8H10.C7H14O2/c1-8-12-14-20(6)25(18-28)26-24(13-9-2)23(11-4)21(7)15-22(10-3)27-16-19(5)17-27;1-2-8-6-4-3-5-7-8;1-5-6(8)9-7(2,3)4/h11,14-15,18-19,22,28H,8-10,12-13,16-17H2,1-7H3;3-7H,2H2,1H3;5H2,1-4H3/b20-14+,21-15-,23-11+,25-18-,26-24+;;. The molecule has 0 saturated carbocycles. The van der Waals surface area contributed by atoms with Crippen LogP contribution in [-0.2, 0) is 16.0 Å². The number of allylic oxidation sites excluding steroid dienone is 5. The summed E-state index contributed by atoms with van der Waals surface area (Å²) < 4.78 is 4.95. The van der Waals surface area contributed by atoms with E-state index in [0.717, 1.165) is 62.0 Å². The van der Waals surface area contributed by atoms with Crippen molar-refractivity contribution < 1.29 is 14.6 Å². The molecule has 1 N–H and O–H groups in total. The number of benzene rings is 1. The van der Waals surface area contributed by atoms with Crippen LogP contribution in [0.1, 0.15) is 127 Å². The number of hydrogen-bond acceptors (Lipinski definition) is 5. The van der Waals surface area contributed by atoms with Crippen LogP contribution >= 0.6 is 0 Å². The fourth-order valence-electron chi connectivity index (χ4n) is 4.94. The number of aliphatic hydroxyl groups excluding tert-OH is 1. The minimum absolute atomic E-state index is 0.137. The Morgan fingerprint density at radius 2 is 1.67 bits per heavy atom. The van der Waals surface area contributed by atoms with Gasteiger partial charge in [0.15, 0.2) is 0 Å². The highest BCUT2D eigenvalue weighted by Gasteiger charge is 2.27. The van der Waals surface area contributed by atoms with Gasteiger partial charge in [-0.3, -0.25) is 9.69 Å². The molecule has 0 bridgehead atoms. The lowest BCUT2D eigenvalue weighted by Crippen LogP contribution is -2.50. The van der Waals surface area contributed by atoms with Gasteiger partial charge >= 0.3 is 5.97 Å². The Morgan fingerprint density at radius 1 is 1.04 bits per heavy atom. The molecule has 1 heterocycles. The molecule has 1 atom stereocenters. The molecule has 254 valence electrons. The van der Waals surface area contributed by atoms with Gasteiger partial charge in [0, 0.05) is 31.3 Å². The normalized spacial score (nSPS) is 16.1. The van der Waals surface area contributed by atoms with Crippen molar-refractivity contribution >= 4 is 11.7 Å². The van der Waals surface area contributed by atoms with Crippen molar-refractivity contribution in [1.82, 2.24) is 4.90 Å². The predicted octanol–water partition coefficient (Wildman–Crippen LogP) is 11.0. The molecule has 5 nitrogen and oxygen atoms in total. The smallest absolute Gasteiger partial charge is 0.306 e. The monoisotopic (exact) mass is 623 g/mol. The molecule has 0 aliphatic carbocycles. The second kappa shape index (κ2) is 23.4. The molecule has 0 spiro atoms. The average Bonchev–Trinajstić information content (AvgIpc) is 3.00. The fourth-order valence-corrected chi connectivity index (χ4v) is 4.94. The van der Waals surface area contributed by atoms with Crippen LogP contribution in [0.15, 0.2) is 82.2 Å². The maximum Gasteiger partial charge on any atom is 0.306 e. The molecular weight excluding hydrogens is 556 g/mol. The topological polar surface area (TPSA) is 62.1 Å². The van der Waals surface area contributed by atoms with E-state index in [1.165, 1.54) is 29.8 Å². The van der Waals surface area contributed by atoms with Crippen molar-refractivity contribution in [2.24, 2.45) is 10.9 Å². The quantitative estimate of drug-likeness (QED) is 0.103. The lowest BCUT2D eigenvalue weighted by Gasteiger charge is -2.42. The zero-order valence-corrected chi connectivity index (χ0v) is 30.9. The molecule has 1 saturated heterocycles. The highest BCUT2D eigenvalue weighted by Crippen LogP contribution is 2.25. The Balaban J connectivity index is 0.000000918. The van der Waals surface area contributed by atoms with E-state index in [-0.39, 0.29) is 11.6 Å². The number of aryl methyl sites for hydroxylation is 1. The number of aliphatic imine (C=N–C) groups is 1. The minimum atomic E-state index is -0.326. The van der Waals surface area contributed by atoms with Crippen molar-refractivity contribution in [2.45, 2.75) is 140 Å². The number of nitrogens with zero attached hydrogens (tertiary/aromatic N) is 2. The number of aliphatic hydroxyl groups is 1. The third-order valence-corrected chi connectivity index (χ3v) is 7.41. The second-order valence-corrected chi connectivity index (χ2v) is 12.9. The summed E-state index contributed by atoms with van der Waals surface area (Å²) in [5.41, 5.74) is 6.35. The van der Waals surface area contributed by atoms with Crippen LogP contribution in [-0.4, -0.2) is 46.4 Å². The average molecular weight is 623 g/mol. The third-order valence-electron chi connectivity index (χ3n) is 7.41. The van der Waals surface area contributed by atoms with E-state index in [1.807, 2.05) is 33.8 Å². The van der Waals surface area contributed by atoms with Gasteiger partial charge in [-0.1, -0.05) is 103 Å². The van der Waals surface area contributed by atoms with Gasteiger partial charge in [-0.05, 0) is 95.4 Å². The van der Waals surface area contributed by atoms with Crippen LogP contribution in [0.2, 0.25) is 0 Å². The Kier molecular flexibility index (Phi) is 21.9. The number of carbonyl (C=O) groups excluding carboxylic acids is 1. The first kappa shape index (κ1) is 42.1. The van der Waals surface area contributed by atoms with E-state index in [9.17, 15) is 9.90 Å². The van der Waals surface area contributed by atoms with E-state index in [2.05, 4.69) is 95.9 Å². The first-order chi connectivity index (χ1) is 21.3.